The van der Waals surface area contributed by atoms with Gasteiger partial charge in [-0.2, -0.15) is 0 Å². The second-order valence-electron chi connectivity index (χ2n) is 4.99. The van der Waals surface area contributed by atoms with Crippen LogP contribution in [0.25, 0.3) is 0 Å². The van der Waals surface area contributed by atoms with Crippen LogP contribution >= 0.6 is 0 Å². The van der Waals surface area contributed by atoms with Crippen LogP contribution in [-0.2, 0) is 11.3 Å². The van der Waals surface area contributed by atoms with Crippen LogP contribution in [0.4, 0.5) is 0 Å². The number of rotatable bonds is 4. The van der Waals surface area contributed by atoms with Crippen molar-refractivity contribution in [2.75, 3.05) is 14.2 Å². The van der Waals surface area contributed by atoms with E-state index >= 15 is 0 Å². The summed E-state index contributed by atoms with van der Waals surface area (Å²) in [6.45, 7) is 8.02. The number of hydrogen-bond acceptors (Lipinski definition) is 3. The molecule has 0 aliphatic rings. The van der Waals surface area contributed by atoms with Crippen LogP contribution < -0.4 is 4.74 Å². The predicted octanol–water partition coefficient (Wildman–Crippen LogP) is 1.96. The minimum absolute atomic E-state index is 0.271. The van der Waals surface area contributed by atoms with Crippen LogP contribution in [0.15, 0.2) is 6.07 Å². The molecule has 0 bridgehead atoms. The summed E-state index contributed by atoms with van der Waals surface area (Å²) in [5, 5.41) is 9.33. The van der Waals surface area contributed by atoms with E-state index in [2.05, 4.69) is 0 Å². The third kappa shape index (κ3) is 3.26. The number of benzene rings is 1. The lowest BCUT2D eigenvalue weighted by Crippen LogP contribution is -2.34. The Balaban J connectivity index is 3.09. The van der Waals surface area contributed by atoms with Crippen LogP contribution in [0.2, 0.25) is 0 Å². The van der Waals surface area contributed by atoms with Gasteiger partial charge in [-0.3, -0.25) is 4.79 Å². The molecule has 0 spiro atoms. The molecule has 1 N–H and O–H groups in total. The SMILES string of the molecule is COc1cc(C)c(CN(C)C(=O)C(C)O)c(C)c1C. The van der Waals surface area contributed by atoms with Gasteiger partial charge in [0, 0.05) is 13.6 Å². The number of aliphatic hydroxyl groups is 1. The molecule has 0 heterocycles. The zero-order chi connectivity index (χ0) is 14.7. The number of carbonyl (C=O) groups is 1. The van der Waals surface area contributed by atoms with Crippen molar-refractivity contribution in [2.24, 2.45) is 0 Å². The third-order valence-corrected chi connectivity index (χ3v) is 3.56. The Morgan fingerprint density at radius 1 is 1.37 bits per heavy atom. The fourth-order valence-electron chi connectivity index (χ4n) is 2.19. The van der Waals surface area contributed by atoms with E-state index < -0.39 is 6.10 Å². The van der Waals surface area contributed by atoms with E-state index in [1.165, 1.54) is 6.92 Å². The number of likely N-dealkylation sites (N-methyl/N-ethyl adjacent to an activating group) is 1. The maximum absolute atomic E-state index is 11.7. The van der Waals surface area contributed by atoms with Gasteiger partial charge in [-0.05, 0) is 56.0 Å². The molecule has 4 heteroatoms. The number of hydrogen-bond donors (Lipinski definition) is 1. The molecule has 1 aromatic carbocycles. The standard InChI is InChI=1S/C15H23NO3/c1-9-7-14(19-6)11(3)10(2)13(9)8-16(5)15(18)12(4)17/h7,12,17H,8H2,1-6H3. The fraction of sp³-hybridized carbons (Fsp3) is 0.533. The zero-order valence-corrected chi connectivity index (χ0v) is 12.6. The van der Waals surface area contributed by atoms with Gasteiger partial charge in [0.05, 0.1) is 7.11 Å². The van der Waals surface area contributed by atoms with E-state index in [9.17, 15) is 9.90 Å². The number of carbonyl (C=O) groups excluding carboxylic acids is 1. The molecule has 0 aliphatic heterocycles. The first-order chi connectivity index (χ1) is 8.79. The Labute approximate surface area is 115 Å². The number of amides is 1. The molecule has 0 saturated heterocycles. The Morgan fingerprint density at radius 3 is 2.42 bits per heavy atom. The summed E-state index contributed by atoms with van der Waals surface area (Å²) >= 11 is 0. The second-order valence-corrected chi connectivity index (χ2v) is 4.99. The van der Waals surface area contributed by atoms with Gasteiger partial charge in [-0.1, -0.05) is 0 Å². The lowest BCUT2D eigenvalue weighted by molar-refractivity contribution is -0.138. The number of methoxy groups -OCH3 is 1. The van der Waals surface area contributed by atoms with E-state index in [0.29, 0.717) is 6.54 Å². The van der Waals surface area contributed by atoms with Crippen LogP contribution in [0.1, 0.15) is 29.2 Å². The summed E-state index contributed by atoms with van der Waals surface area (Å²) in [4.78, 5) is 13.3. The molecule has 0 saturated carbocycles. The lowest BCUT2D eigenvalue weighted by atomic mass is 9.97. The summed E-state index contributed by atoms with van der Waals surface area (Å²) in [5.41, 5.74) is 4.41. The molecule has 1 aromatic rings. The molecule has 106 valence electrons. The van der Waals surface area contributed by atoms with Gasteiger partial charge in [0.25, 0.3) is 5.91 Å². The first kappa shape index (κ1) is 15.5. The van der Waals surface area contributed by atoms with Crippen molar-refractivity contribution >= 4 is 5.91 Å². The Bertz CT molecular complexity index is 481. The van der Waals surface area contributed by atoms with Crippen LogP contribution in [0, 0.1) is 20.8 Å². The van der Waals surface area contributed by atoms with E-state index in [0.717, 1.165) is 28.0 Å². The van der Waals surface area contributed by atoms with Crippen molar-refractivity contribution < 1.29 is 14.6 Å². The molecule has 4 nitrogen and oxygen atoms in total. The second kappa shape index (κ2) is 6.06. The molecule has 0 aromatic heterocycles. The topological polar surface area (TPSA) is 49.8 Å². The Morgan fingerprint density at radius 2 is 1.95 bits per heavy atom. The van der Waals surface area contributed by atoms with Crippen molar-refractivity contribution in [2.45, 2.75) is 40.3 Å². The van der Waals surface area contributed by atoms with Crippen LogP contribution in [-0.4, -0.2) is 36.2 Å². The van der Waals surface area contributed by atoms with Gasteiger partial charge in [-0.25, -0.2) is 0 Å². The highest BCUT2D eigenvalue weighted by Gasteiger charge is 2.18. The summed E-state index contributed by atoms with van der Waals surface area (Å²) in [7, 11) is 3.36. The van der Waals surface area contributed by atoms with E-state index in [1.54, 1.807) is 19.1 Å². The quantitative estimate of drug-likeness (QED) is 0.905. The maximum atomic E-state index is 11.7. The number of nitrogens with zero attached hydrogens (tertiary/aromatic N) is 1. The van der Waals surface area contributed by atoms with Gasteiger partial charge in [0.2, 0.25) is 0 Å². The van der Waals surface area contributed by atoms with Crippen molar-refractivity contribution in [3.8, 4) is 5.75 Å². The van der Waals surface area contributed by atoms with E-state index in [-0.39, 0.29) is 5.91 Å². The summed E-state index contributed by atoms with van der Waals surface area (Å²) in [6.07, 6.45) is -0.968. The summed E-state index contributed by atoms with van der Waals surface area (Å²) in [6, 6.07) is 1.98. The monoisotopic (exact) mass is 265 g/mol. The molecule has 0 aliphatic carbocycles. The van der Waals surface area contributed by atoms with E-state index in [1.807, 2.05) is 26.8 Å². The lowest BCUT2D eigenvalue weighted by Gasteiger charge is -2.23. The normalized spacial score (nSPS) is 12.2. The average Bonchev–Trinajstić information content (AvgIpc) is 2.37. The van der Waals surface area contributed by atoms with Gasteiger partial charge in [-0.15, -0.1) is 0 Å². The molecule has 1 rings (SSSR count). The van der Waals surface area contributed by atoms with Gasteiger partial charge >= 0.3 is 0 Å². The Kier molecular flexibility index (Phi) is 4.95. The average molecular weight is 265 g/mol. The number of ether oxygens (including phenoxy) is 1. The van der Waals surface area contributed by atoms with Crippen molar-refractivity contribution in [1.82, 2.24) is 4.90 Å². The molecule has 1 amide bonds. The molecule has 0 radical (unpaired) electrons. The maximum Gasteiger partial charge on any atom is 0.251 e. The first-order valence-corrected chi connectivity index (χ1v) is 6.36. The zero-order valence-electron chi connectivity index (χ0n) is 12.6. The van der Waals surface area contributed by atoms with Gasteiger partial charge in [0.1, 0.15) is 11.9 Å². The third-order valence-electron chi connectivity index (χ3n) is 3.56. The number of aryl methyl sites for hydroxylation is 1. The predicted molar refractivity (Wildman–Crippen MR) is 75.4 cm³/mol. The van der Waals surface area contributed by atoms with Crippen molar-refractivity contribution in [1.29, 1.82) is 0 Å². The number of aliphatic hydroxyl groups excluding tert-OH is 1. The highest BCUT2D eigenvalue weighted by Crippen LogP contribution is 2.28. The van der Waals surface area contributed by atoms with Gasteiger partial charge < -0.3 is 14.7 Å². The fourth-order valence-corrected chi connectivity index (χ4v) is 2.19. The first-order valence-electron chi connectivity index (χ1n) is 6.36. The minimum atomic E-state index is -0.968. The molecule has 1 atom stereocenters. The molecule has 19 heavy (non-hydrogen) atoms. The minimum Gasteiger partial charge on any atom is -0.496 e. The summed E-state index contributed by atoms with van der Waals surface area (Å²) < 4.78 is 5.33. The van der Waals surface area contributed by atoms with Crippen LogP contribution in [0.5, 0.6) is 5.75 Å². The van der Waals surface area contributed by atoms with E-state index in [4.69, 9.17) is 4.74 Å². The molecular weight excluding hydrogens is 242 g/mol. The van der Waals surface area contributed by atoms with Crippen molar-refractivity contribution in [3.63, 3.8) is 0 Å². The van der Waals surface area contributed by atoms with Gasteiger partial charge in [0.15, 0.2) is 0 Å². The molecule has 1 unspecified atom stereocenters. The largest absolute Gasteiger partial charge is 0.496 e. The highest BCUT2D eigenvalue weighted by molar-refractivity contribution is 5.80. The molecule has 0 fully saturated rings. The molecular formula is C15H23NO3. The summed E-state index contributed by atoms with van der Waals surface area (Å²) in [5.74, 6) is 0.593. The van der Waals surface area contributed by atoms with Crippen LogP contribution in [0.3, 0.4) is 0 Å². The highest BCUT2D eigenvalue weighted by atomic mass is 16.5. The smallest absolute Gasteiger partial charge is 0.251 e. The van der Waals surface area contributed by atoms with Crippen molar-refractivity contribution in [3.05, 3.63) is 28.3 Å². The Hall–Kier alpha value is -1.55.